The Morgan fingerprint density at radius 3 is 2.52 bits per heavy atom. The fraction of sp³-hybridized carbons (Fsp3) is 0.368. The van der Waals surface area contributed by atoms with Gasteiger partial charge in [0.25, 0.3) is 0 Å². The molecule has 0 spiro atoms. The van der Waals surface area contributed by atoms with Crippen molar-refractivity contribution in [3.63, 3.8) is 0 Å². The smallest absolute Gasteiger partial charge is 0.243 e. The van der Waals surface area contributed by atoms with Crippen molar-refractivity contribution in [1.82, 2.24) is 9.62 Å². The van der Waals surface area contributed by atoms with Crippen LogP contribution in [0.15, 0.2) is 53.4 Å². The van der Waals surface area contributed by atoms with Gasteiger partial charge in [0.05, 0.1) is 4.90 Å². The van der Waals surface area contributed by atoms with Gasteiger partial charge >= 0.3 is 0 Å². The maximum absolute atomic E-state index is 14.0. The van der Waals surface area contributed by atoms with Gasteiger partial charge in [0, 0.05) is 31.2 Å². The number of hydrogen-bond donors (Lipinski definition) is 1. The van der Waals surface area contributed by atoms with E-state index in [0.29, 0.717) is 31.2 Å². The molecule has 0 saturated heterocycles. The molecule has 1 N–H and O–H groups in total. The van der Waals surface area contributed by atoms with Gasteiger partial charge in [-0.15, -0.1) is 0 Å². The molecule has 1 aliphatic rings. The second-order valence-electron chi connectivity index (χ2n) is 6.33. The molecule has 0 aromatic heterocycles. The molecule has 0 radical (unpaired) electrons. The van der Waals surface area contributed by atoms with Gasteiger partial charge in [-0.2, -0.15) is 4.31 Å². The van der Waals surface area contributed by atoms with Gasteiger partial charge in [0.2, 0.25) is 10.0 Å². The number of hydrogen-bond acceptors (Lipinski definition) is 3. The van der Waals surface area contributed by atoms with Gasteiger partial charge in [-0.25, -0.2) is 12.8 Å². The molecular weight excluding hydrogens is 339 g/mol. The zero-order chi connectivity index (χ0) is 17.9. The number of benzene rings is 2. The largest absolute Gasteiger partial charge is 0.310 e. The Bertz CT molecular complexity index is 821. The predicted molar refractivity (Wildman–Crippen MR) is 96.0 cm³/mol. The third kappa shape index (κ3) is 4.45. The van der Waals surface area contributed by atoms with E-state index < -0.39 is 10.0 Å². The Labute approximate surface area is 148 Å². The molecule has 1 aliphatic carbocycles. The van der Waals surface area contributed by atoms with Gasteiger partial charge in [-0.05, 0) is 36.6 Å². The lowest BCUT2D eigenvalue weighted by Gasteiger charge is -2.21. The number of rotatable bonds is 8. The minimum Gasteiger partial charge on any atom is -0.310 e. The molecule has 0 bridgehead atoms. The van der Waals surface area contributed by atoms with E-state index in [1.54, 1.807) is 6.92 Å². The van der Waals surface area contributed by atoms with Crippen molar-refractivity contribution in [3.8, 4) is 0 Å². The Hall–Kier alpha value is -1.76. The highest BCUT2D eigenvalue weighted by Gasteiger charge is 2.25. The van der Waals surface area contributed by atoms with Crippen LogP contribution in [0.2, 0.25) is 0 Å². The highest BCUT2D eigenvalue weighted by molar-refractivity contribution is 7.89. The summed E-state index contributed by atoms with van der Waals surface area (Å²) < 4.78 is 41.4. The van der Waals surface area contributed by atoms with E-state index in [9.17, 15) is 12.8 Å². The molecule has 134 valence electrons. The van der Waals surface area contributed by atoms with Crippen LogP contribution >= 0.6 is 0 Å². The number of nitrogens with zero attached hydrogens (tertiary/aromatic N) is 1. The van der Waals surface area contributed by atoms with Crippen molar-refractivity contribution < 1.29 is 12.8 Å². The summed E-state index contributed by atoms with van der Waals surface area (Å²) in [6, 6.07) is 13.9. The third-order valence-corrected chi connectivity index (χ3v) is 6.28. The van der Waals surface area contributed by atoms with E-state index in [4.69, 9.17) is 0 Å². The molecule has 6 heteroatoms. The average Bonchev–Trinajstić information content (AvgIpc) is 3.44. The lowest BCUT2D eigenvalue weighted by Crippen LogP contribution is -2.30. The first-order chi connectivity index (χ1) is 12.0. The summed E-state index contributed by atoms with van der Waals surface area (Å²) in [7, 11) is -3.67. The van der Waals surface area contributed by atoms with Gasteiger partial charge < -0.3 is 5.32 Å². The molecule has 0 amide bonds. The minimum absolute atomic E-state index is 0.138. The normalized spacial score (nSPS) is 14.8. The molecule has 4 nitrogen and oxygen atoms in total. The fourth-order valence-electron chi connectivity index (χ4n) is 2.69. The Kier molecular flexibility index (Phi) is 5.51. The molecular formula is C19H23FN2O2S. The first-order valence-electron chi connectivity index (χ1n) is 8.56. The Morgan fingerprint density at radius 1 is 1.16 bits per heavy atom. The van der Waals surface area contributed by atoms with Crippen LogP contribution in [0, 0.1) is 5.82 Å². The molecule has 3 rings (SSSR count). The third-order valence-electron chi connectivity index (χ3n) is 4.37. The highest BCUT2D eigenvalue weighted by atomic mass is 32.2. The molecule has 25 heavy (non-hydrogen) atoms. The van der Waals surface area contributed by atoms with E-state index in [2.05, 4.69) is 5.32 Å². The summed E-state index contributed by atoms with van der Waals surface area (Å²) in [5, 5.41) is 3.23. The van der Waals surface area contributed by atoms with Crippen molar-refractivity contribution in [2.45, 2.75) is 43.8 Å². The van der Waals surface area contributed by atoms with Crippen molar-refractivity contribution in [1.29, 1.82) is 0 Å². The highest BCUT2D eigenvalue weighted by Crippen LogP contribution is 2.23. The van der Waals surface area contributed by atoms with Crippen molar-refractivity contribution >= 4 is 10.0 Å². The van der Waals surface area contributed by atoms with Gasteiger partial charge in [0.15, 0.2) is 0 Å². The lowest BCUT2D eigenvalue weighted by atomic mass is 10.2. The second kappa shape index (κ2) is 7.64. The maximum atomic E-state index is 14.0. The van der Waals surface area contributed by atoms with Gasteiger partial charge in [-0.1, -0.05) is 37.3 Å². The summed E-state index contributed by atoms with van der Waals surface area (Å²) in [6.07, 6.45) is 2.20. The summed E-state index contributed by atoms with van der Waals surface area (Å²) in [4.78, 5) is 0.138. The zero-order valence-corrected chi connectivity index (χ0v) is 15.1. The lowest BCUT2D eigenvalue weighted by molar-refractivity contribution is 0.423. The molecule has 0 aliphatic heterocycles. The van der Waals surface area contributed by atoms with E-state index in [0.717, 1.165) is 18.4 Å². The zero-order valence-electron chi connectivity index (χ0n) is 14.3. The van der Waals surface area contributed by atoms with Crippen LogP contribution in [0.4, 0.5) is 4.39 Å². The number of sulfonamides is 1. The van der Waals surface area contributed by atoms with Gasteiger partial charge in [-0.3, -0.25) is 0 Å². The van der Waals surface area contributed by atoms with E-state index in [1.165, 1.54) is 22.5 Å². The summed E-state index contributed by atoms with van der Waals surface area (Å²) in [5.41, 5.74) is 1.31. The standard InChI is InChI=1S/C19H23FN2O2S/c1-2-22(14-15-6-4-3-5-7-15)25(23,24)18-10-11-19(20)16(12-18)13-21-17-8-9-17/h3-7,10-12,17,21H,2,8-9,13-14H2,1H3. The molecule has 0 unspecified atom stereocenters. The Morgan fingerprint density at radius 2 is 1.88 bits per heavy atom. The topological polar surface area (TPSA) is 49.4 Å². The molecule has 2 aromatic rings. The summed E-state index contributed by atoms with van der Waals surface area (Å²) in [5.74, 6) is -0.377. The second-order valence-corrected chi connectivity index (χ2v) is 8.26. The van der Waals surface area contributed by atoms with E-state index >= 15 is 0 Å². The van der Waals surface area contributed by atoms with Crippen LogP contribution in [-0.2, 0) is 23.1 Å². The number of nitrogens with one attached hydrogen (secondary N) is 1. The fourth-order valence-corrected chi connectivity index (χ4v) is 4.18. The van der Waals surface area contributed by atoms with Crippen LogP contribution in [0.1, 0.15) is 30.9 Å². The quantitative estimate of drug-likeness (QED) is 0.784. The van der Waals surface area contributed by atoms with Crippen LogP contribution < -0.4 is 5.32 Å². The SMILES string of the molecule is CCN(Cc1ccccc1)S(=O)(=O)c1ccc(F)c(CNC2CC2)c1. The molecule has 0 atom stereocenters. The van der Waals surface area contributed by atoms with Crippen molar-refractivity contribution in [2.24, 2.45) is 0 Å². The average molecular weight is 362 g/mol. The molecule has 2 aromatic carbocycles. The van der Waals surface area contributed by atoms with Crippen LogP contribution in [0.3, 0.4) is 0 Å². The Balaban J connectivity index is 1.82. The molecule has 0 heterocycles. The van der Waals surface area contributed by atoms with Crippen molar-refractivity contribution in [2.75, 3.05) is 6.54 Å². The first-order valence-corrected chi connectivity index (χ1v) is 10.0. The summed E-state index contributed by atoms with van der Waals surface area (Å²) >= 11 is 0. The van der Waals surface area contributed by atoms with Crippen LogP contribution in [-0.4, -0.2) is 25.3 Å². The maximum Gasteiger partial charge on any atom is 0.243 e. The molecule has 1 fully saturated rings. The monoisotopic (exact) mass is 362 g/mol. The van der Waals surface area contributed by atoms with Crippen LogP contribution in [0.25, 0.3) is 0 Å². The molecule has 1 saturated carbocycles. The van der Waals surface area contributed by atoms with Gasteiger partial charge in [0.1, 0.15) is 5.82 Å². The van der Waals surface area contributed by atoms with E-state index in [-0.39, 0.29) is 10.7 Å². The first kappa shape index (κ1) is 18.0. The number of halogens is 1. The van der Waals surface area contributed by atoms with E-state index in [1.807, 2.05) is 30.3 Å². The van der Waals surface area contributed by atoms with Crippen LogP contribution in [0.5, 0.6) is 0 Å². The predicted octanol–water partition coefficient (Wildman–Crippen LogP) is 3.29. The van der Waals surface area contributed by atoms with Crippen molar-refractivity contribution in [3.05, 3.63) is 65.5 Å². The minimum atomic E-state index is -3.67. The summed E-state index contributed by atoms with van der Waals surface area (Å²) in [6.45, 7) is 2.81.